The number of thioether (sulfide) groups is 1. The lowest BCUT2D eigenvalue weighted by Crippen LogP contribution is -2.46. The van der Waals surface area contributed by atoms with Gasteiger partial charge in [-0.05, 0) is 84.1 Å². The standard InChI is InChI=1S/C26H37N5OS2/c1-17-5-7-18(8-6-17)23(32)31(20-15-22(33-16-20)13-14-26(2,3)4)19-9-11-21(12-10-19)34-25-28-24(27)29-30-25/h15-19,21H,5-12H2,1-4H3,(H3,27,28,29,30). The Balaban J connectivity index is 1.49. The molecule has 2 fully saturated rings. The summed E-state index contributed by atoms with van der Waals surface area (Å²) in [5.41, 5.74) is 6.67. The summed E-state index contributed by atoms with van der Waals surface area (Å²) in [6.07, 6.45) is 8.38. The summed E-state index contributed by atoms with van der Waals surface area (Å²) in [4.78, 5) is 21.3. The SMILES string of the molecule is CC1CCC(C(=O)N(c2csc(C#CC(C)(C)C)c2)C2CCC(Sc3n[nH]c(N)n3)CC2)CC1. The number of nitrogens with zero attached hydrogens (tertiary/aromatic N) is 3. The number of hydrogen-bond donors (Lipinski definition) is 2. The molecule has 0 saturated heterocycles. The number of nitrogens with one attached hydrogen (secondary N) is 1. The predicted octanol–water partition coefficient (Wildman–Crippen LogP) is 6.11. The summed E-state index contributed by atoms with van der Waals surface area (Å²) in [5.74, 6) is 8.20. The van der Waals surface area contributed by atoms with Gasteiger partial charge in [-0.15, -0.1) is 16.4 Å². The van der Waals surface area contributed by atoms with Gasteiger partial charge in [-0.1, -0.05) is 30.5 Å². The molecule has 0 aromatic carbocycles. The van der Waals surface area contributed by atoms with Gasteiger partial charge in [0.1, 0.15) is 0 Å². The van der Waals surface area contributed by atoms with E-state index >= 15 is 0 Å². The van der Waals surface area contributed by atoms with E-state index in [1.807, 2.05) is 0 Å². The van der Waals surface area contributed by atoms with E-state index in [1.54, 1.807) is 23.1 Å². The highest BCUT2D eigenvalue weighted by Crippen LogP contribution is 2.39. The van der Waals surface area contributed by atoms with Crippen LogP contribution in [0, 0.1) is 29.1 Å². The molecule has 2 aliphatic rings. The highest BCUT2D eigenvalue weighted by atomic mass is 32.2. The monoisotopic (exact) mass is 499 g/mol. The van der Waals surface area contributed by atoms with Crippen molar-refractivity contribution < 1.29 is 4.79 Å². The van der Waals surface area contributed by atoms with Crippen molar-refractivity contribution in [2.75, 3.05) is 10.6 Å². The van der Waals surface area contributed by atoms with Crippen LogP contribution in [0.3, 0.4) is 0 Å². The molecular formula is C26H37N5OS2. The number of nitrogen functional groups attached to an aromatic ring is 1. The highest BCUT2D eigenvalue weighted by molar-refractivity contribution is 7.99. The second kappa shape index (κ2) is 10.7. The predicted molar refractivity (Wildman–Crippen MR) is 142 cm³/mol. The first kappa shape index (κ1) is 25.1. The average Bonchev–Trinajstić information content (AvgIpc) is 3.42. The minimum absolute atomic E-state index is 0.0393. The molecule has 2 saturated carbocycles. The fourth-order valence-electron chi connectivity index (χ4n) is 4.87. The van der Waals surface area contributed by atoms with E-state index in [0.717, 1.165) is 67.8 Å². The number of hydrogen-bond acceptors (Lipinski definition) is 6. The van der Waals surface area contributed by atoms with E-state index in [4.69, 9.17) is 5.73 Å². The molecule has 184 valence electrons. The summed E-state index contributed by atoms with van der Waals surface area (Å²) in [6.45, 7) is 8.67. The first-order valence-corrected chi connectivity index (χ1v) is 14.2. The molecule has 2 aromatic heterocycles. The third-order valence-corrected chi connectivity index (χ3v) is 8.82. The summed E-state index contributed by atoms with van der Waals surface area (Å²) < 4.78 is 0. The molecule has 2 aliphatic carbocycles. The molecular weight excluding hydrogens is 462 g/mol. The second-order valence-electron chi connectivity index (χ2n) is 10.9. The van der Waals surface area contributed by atoms with Gasteiger partial charge < -0.3 is 10.6 Å². The van der Waals surface area contributed by atoms with Gasteiger partial charge in [0.25, 0.3) is 0 Å². The van der Waals surface area contributed by atoms with Crippen LogP contribution in [0.4, 0.5) is 11.6 Å². The molecule has 2 heterocycles. The number of carbonyl (C=O) groups is 1. The molecule has 0 spiro atoms. The van der Waals surface area contributed by atoms with Crippen LogP contribution in [0.2, 0.25) is 0 Å². The van der Waals surface area contributed by atoms with Gasteiger partial charge >= 0.3 is 0 Å². The Labute approximate surface area is 211 Å². The van der Waals surface area contributed by atoms with Crippen molar-refractivity contribution in [1.29, 1.82) is 0 Å². The molecule has 4 rings (SSSR count). The zero-order valence-electron chi connectivity index (χ0n) is 20.8. The van der Waals surface area contributed by atoms with E-state index in [1.165, 1.54) is 0 Å². The maximum Gasteiger partial charge on any atom is 0.230 e. The topological polar surface area (TPSA) is 87.9 Å². The maximum absolute atomic E-state index is 13.9. The number of carbonyl (C=O) groups excluding carboxylic acids is 1. The molecule has 0 radical (unpaired) electrons. The van der Waals surface area contributed by atoms with Crippen LogP contribution in [0.1, 0.15) is 83.9 Å². The highest BCUT2D eigenvalue weighted by Gasteiger charge is 2.35. The Morgan fingerprint density at radius 2 is 1.88 bits per heavy atom. The van der Waals surface area contributed by atoms with Crippen molar-refractivity contribution >= 4 is 40.6 Å². The molecule has 0 atom stereocenters. The van der Waals surface area contributed by atoms with Gasteiger partial charge in [0, 0.05) is 28.0 Å². The van der Waals surface area contributed by atoms with E-state index < -0.39 is 0 Å². The molecule has 6 nitrogen and oxygen atoms in total. The number of aromatic nitrogens is 3. The third kappa shape index (κ3) is 6.57. The van der Waals surface area contributed by atoms with Crippen LogP contribution in [-0.2, 0) is 4.79 Å². The van der Waals surface area contributed by atoms with Crippen LogP contribution < -0.4 is 10.6 Å². The molecule has 2 aromatic rings. The molecule has 0 aliphatic heterocycles. The number of thiophene rings is 1. The van der Waals surface area contributed by atoms with Crippen LogP contribution in [-0.4, -0.2) is 32.4 Å². The first-order valence-electron chi connectivity index (χ1n) is 12.5. The minimum Gasteiger partial charge on any atom is -0.368 e. The Kier molecular flexibility index (Phi) is 7.94. The van der Waals surface area contributed by atoms with Crippen LogP contribution >= 0.6 is 23.1 Å². The Bertz CT molecular complexity index is 1030. The molecule has 1 amide bonds. The normalized spacial score (nSPS) is 25.4. The van der Waals surface area contributed by atoms with Crippen molar-refractivity contribution in [2.45, 2.75) is 95.5 Å². The third-order valence-electron chi connectivity index (χ3n) is 6.79. The van der Waals surface area contributed by atoms with Gasteiger partial charge in [-0.3, -0.25) is 4.79 Å². The smallest absolute Gasteiger partial charge is 0.230 e. The van der Waals surface area contributed by atoms with Gasteiger partial charge in [0.2, 0.25) is 17.0 Å². The average molecular weight is 500 g/mol. The van der Waals surface area contributed by atoms with Gasteiger partial charge in [-0.2, -0.15) is 4.98 Å². The van der Waals surface area contributed by atoms with E-state index in [2.05, 4.69) is 71.1 Å². The van der Waals surface area contributed by atoms with Gasteiger partial charge in [0.05, 0.1) is 10.6 Å². The van der Waals surface area contributed by atoms with Crippen molar-refractivity contribution in [3.8, 4) is 11.8 Å². The molecule has 0 bridgehead atoms. The van der Waals surface area contributed by atoms with E-state index in [-0.39, 0.29) is 17.4 Å². The van der Waals surface area contributed by atoms with Crippen LogP contribution in [0.15, 0.2) is 16.6 Å². The number of amides is 1. The van der Waals surface area contributed by atoms with Crippen LogP contribution in [0.25, 0.3) is 0 Å². The van der Waals surface area contributed by atoms with Crippen molar-refractivity contribution in [1.82, 2.24) is 15.2 Å². The number of anilines is 2. The number of rotatable bonds is 5. The lowest BCUT2D eigenvalue weighted by molar-refractivity contribution is -0.124. The lowest BCUT2D eigenvalue weighted by atomic mass is 9.81. The number of H-pyrrole nitrogens is 1. The van der Waals surface area contributed by atoms with Crippen molar-refractivity contribution in [3.05, 3.63) is 16.3 Å². The van der Waals surface area contributed by atoms with E-state index in [0.29, 0.717) is 22.3 Å². The quantitative estimate of drug-likeness (QED) is 0.485. The zero-order chi connectivity index (χ0) is 24.3. The first-order chi connectivity index (χ1) is 16.2. The van der Waals surface area contributed by atoms with Gasteiger partial charge in [-0.25, -0.2) is 5.10 Å². The van der Waals surface area contributed by atoms with Gasteiger partial charge in [0.15, 0.2) is 0 Å². The van der Waals surface area contributed by atoms with Crippen LogP contribution in [0.5, 0.6) is 0 Å². The fraction of sp³-hybridized carbons (Fsp3) is 0.654. The summed E-state index contributed by atoms with van der Waals surface area (Å²) in [6, 6.07) is 2.36. The molecule has 3 N–H and O–H groups in total. The number of aromatic amines is 1. The minimum atomic E-state index is -0.0393. The maximum atomic E-state index is 13.9. The fourth-order valence-corrected chi connectivity index (χ4v) is 6.65. The Morgan fingerprint density at radius 3 is 2.50 bits per heavy atom. The Hall–Kier alpha value is -1.98. The zero-order valence-corrected chi connectivity index (χ0v) is 22.4. The second-order valence-corrected chi connectivity index (χ2v) is 13.1. The Morgan fingerprint density at radius 1 is 1.18 bits per heavy atom. The summed E-state index contributed by atoms with van der Waals surface area (Å²) in [7, 11) is 0. The molecule has 8 heteroatoms. The summed E-state index contributed by atoms with van der Waals surface area (Å²) in [5, 5.41) is 10.2. The van der Waals surface area contributed by atoms with Crippen molar-refractivity contribution in [2.24, 2.45) is 17.3 Å². The molecule has 0 unspecified atom stereocenters. The lowest BCUT2D eigenvalue weighted by Gasteiger charge is -2.39. The van der Waals surface area contributed by atoms with Crippen molar-refractivity contribution in [3.63, 3.8) is 0 Å². The van der Waals surface area contributed by atoms with E-state index in [9.17, 15) is 4.79 Å². The molecule has 34 heavy (non-hydrogen) atoms. The summed E-state index contributed by atoms with van der Waals surface area (Å²) >= 11 is 3.34. The number of nitrogens with two attached hydrogens (primary N) is 1. The largest absolute Gasteiger partial charge is 0.368 e.